The van der Waals surface area contributed by atoms with Crippen LogP contribution in [-0.4, -0.2) is 25.0 Å². The molecule has 30 heavy (non-hydrogen) atoms. The summed E-state index contributed by atoms with van der Waals surface area (Å²) in [5.74, 6) is 0.999. The summed E-state index contributed by atoms with van der Waals surface area (Å²) in [4.78, 5) is 24.3. The first-order valence-corrected chi connectivity index (χ1v) is 10.8. The van der Waals surface area contributed by atoms with Crippen LogP contribution in [0.15, 0.2) is 46.9 Å². The molecule has 2 atom stereocenters. The maximum Gasteiger partial charge on any atom is 0.222 e. The van der Waals surface area contributed by atoms with Gasteiger partial charge in [0.25, 0.3) is 0 Å². The van der Waals surface area contributed by atoms with Crippen molar-refractivity contribution in [1.82, 2.24) is 10.6 Å². The fraction of sp³-hybridized carbons (Fsp3) is 0.391. The molecule has 0 aliphatic heterocycles. The molecule has 7 heteroatoms. The lowest BCUT2D eigenvalue weighted by molar-refractivity contribution is -0.123. The molecule has 0 aliphatic rings. The van der Waals surface area contributed by atoms with Crippen LogP contribution in [0, 0.1) is 0 Å². The second-order valence-electron chi connectivity index (χ2n) is 6.87. The van der Waals surface area contributed by atoms with E-state index in [2.05, 4.69) is 26.6 Å². The Morgan fingerprint density at radius 1 is 0.933 bits per heavy atom. The number of halogens is 1. The van der Waals surface area contributed by atoms with E-state index in [-0.39, 0.29) is 24.3 Å². The molecule has 0 spiro atoms. The number of carbonyl (C=O) groups excluding carboxylic acids is 2. The highest BCUT2D eigenvalue weighted by Crippen LogP contribution is 2.31. The van der Waals surface area contributed by atoms with Crippen LogP contribution in [0.4, 0.5) is 0 Å². The molecule has 2 N–H and O–H groups in total. The minimum atomic E-state index is -0.401. The monoisotopic (exact) mass is 476 g/mol. The summed E-state index contributed by atoms with van der Waals surface area (Å²) in [6, 6.07) is 12.6. The van der Waals surface area contributed by atoms with Gasteiger partial charge in [0.1, 0.15) is 0 Å². The van der Waals surface area contributed by atoms with Crippen molar-refractivity contribution < 1.29 is 19.1 Å². The number of carbonyl (C=O) groups is 2. The number of hydrogen-bond acceptors (Lipinski definition) is 4. The van der Waals surface area contributed by atoms with Gasteiger partial charge in [0.2, 0.25) is 11.8 Å². The second kappa shape index (κ2) is 11.6. The molecule has 0 heterocycles. The molecule has 162 valence electrons. The molecule has 0 aromatic heterocycles. The largest absolute Gasteiger partial charge is 0.490 e. The van der Waals surface area contributed by atoms with Crippen molar-refractivity contribution in [3.05, 3.63) is 58.1 Å². The molecule has 0 aliphatic carbocycles. The topological polar surface area (TPSA) is 76.7 Å². The summed E-state index contributed by atoms with van der Waals surface area (Å²) in [5, 5.41) is 5.86. The van der Waals surface area contributed by atoms with Gasteiger partial charge in [-0.05, 0) is 56.2 Å². The van der Waals surface area contributed by atoms with Gasteiger partial charge in [-0.15, -0.1) is 0 Å². The number of nitrogens with one attached hydrogen (secondary N) is 2. The molecule has 0 bridgehead atoms. The van der Waals surface area contributed by atoms with Crippen molar-refractivity contribution in [2.45, 2.75) is 46.2 Å². The van der Waals surface area contributed by atoms with Crippen LogP contribution in [0.3, 0.4) is 0 Å². The summed E-state index contributed by atoms with van der Waals surface area (Å²) in [6.45, 7) is 8.27. The van der Waals surface area contributed by atoms with Gasteiger partial charge in [0, 0.05) is 11.4 Å². The summed E-state index contributed by atoms with van der Waals surface area (Å²) >= 11 is 3.40. The SMILES string of the molecule is CCOc1ccc(C(C)NC(=O)CC(NC(C)=O)c2ccc(Br)cc2)cc1OCC. The molecule has 2 amide bonds. The van der Waals surface area contributed by atoms with Gasteiger partial charge in [-0.2, -0.15) is 0 Å². The van der Waals surface area contributed by atoms with Gasteiger partial charge in [-0.25, -0.2) is 0 Å². The van der Waals surface area contributed by atoms with E-state index in [1.807, 2.05) is 63.2 Å². The number of amides is 2. The zero-order valence-electron chi connectivity index (χ0n) is 17.8. The normalized spacial score (nSPS) is 12.6. The van der Waals surface area contributed by atoms with Crippen LogP contribution in [0.25, 0.3) is 0 Å². The molecule has 2 unspecified atom stereocenters. The Hall–Kier alpha value is -2.54. The van der Waals surface area contributed by atoms with Crippen molar-refractivity contribution in [1.29, 1.82) is 0 Å². The second-order valence-corrected chi connectivity index (χ2v) is 7.79. The molecule has 2 aromatic carbocycles. The summed E-state index contributed by atoms with van der Waals surface area (Å²) in [6.07, 6.45) is 0.140. The van der Waals surface area contributed by atoms with Crippen LogP contribution >= 0.6 is 15.9 Å². The molecule has 6 nitrogen and oxygen atoms in total. The van der Waals surface area contributed by atoms with Crippen molar-refractivity contribution in [2.75, 3.05) is 13.2 Å². The lowest BCUT2D eigenvalue weighted by Crippen LogP contribution is -2.33. The fourth-order valence-electron chi connectivity index (χ4n) is 3.10. The third-order valence-electron chi connectivity index (χ3n) is 4.48. The van der Waals surface area contributed by atoms with E-state index in [9.17, 15) is 9.59 Å². The quantitative estimate of drug-likeness (QED) is 0.521. The number of benzene rings is 2. The van der Waals surface area contributed by atoms with Crippen LogP contribution in [0.2, 0.25) is 0 Å². The molecule has 2 rings (SSSR count). The first-order valence-electron chi connectivity index (χ1n) is 10.1. The van der Waals surface area contributed by atoms with Gasteiger partial charge in [0.15, 0.2) is 11.5 Å². The van der Waals surface area contributed by atoms with Gasteiger partial charge in [0.05, 0.1) is 31.7 Å². The van der Waals surface area contributed by atoms with Gasteiger partial charge >= 0.3 is 0 Å². The van der Waals surface area contributed by atoms with Crippen LogP contribution in [0.1, 0.15) is 57.3 Å². The van der Waals surface area contributed by atoms with Crippen LogP contribution < -0.4 is 20.1 Å². The lowest BCUT2D eigenvalue weighted by atomic mass is 10.0. The smallest absolute Gasteiger partial charge is 0.222 e. The van der Waals surface area contributed by atoms with E-state index in [0.717, 1.165) is 15.6 Å². The Bertz CT molecular complexity index is 855. The number of hydrogen-bond donors (Lipinski definition) is 2. The highest BCUT2D eigenvalue weighted by molar-refractivity contribution is 9.10. The zero-order valence-corrected chi connectivity index (χ0v) is 19.4. The molecule has 0 saturated heterocycles. The van der Waals surface area contributed by atoms with E-state index in [1.165, 1.54) is 6.92 Å². The van der Waals surface area contributed by atoms with Crippen LogP contribution in [0.5, 0.6) is 11.5 Å². The minimum absolute atomic E-state index is 0.140. The molecular weight excluding hydrogens is 448 g/mol. The van der Waals surface area contributed by atoms with E-state index in [0.29, 0.717) is 24.7 Å². The Kier molecular flexibility index (Phi) is 9.17. The molecular formula is C23H29BrN2O4. The lowest BCUT2D eigenvalue weighted by Gasteiger charge is -2.21. The average Bonchev–Trinajstić information content (AvgIpc) is 2.69. The van der Waals surface area contributed by atoms with Crippen molar-refractivity contribution in [3.8, 4) is 11.5 Å². The summed E-state index contributed by atoms with van der Waals surface area (Å²) in [7, 11) is 0. The molecule has 0 radical (unpaired) electrons. The van der Waals surface area contributed by atoms with Crippen LogP contribution in [-0.2, 0) is 9.59 Å². The van der Waals surface area contributed by atoms with Crippen molar-refractivity contribution in [2.24, 2.45) is 0 Å². The highest BCUT2D eigenvalue weighted by Gasteiger charge is 2.19. The maximum absolute atomic E-state index is 12.7. The fourth-order valence-corrected chi connectivity index (χ4v) is 3.36. The third-order valence-corrected chi connectivity index (χ3v) is 5.01. The summed E-state index contributed by atoms with van der Waals surface area (Å²) < 4.78 is 12.2. The van der Waals surface area contributed by atoms with E-state index in [4.69, 9.17) is 9.47 Å². The predicted octanol–water partition coefficient (Wildman–Crippen LogP) is 4.69. The minimum Gasteiger partial charge on any atom is -0.490 e. The van der Waals surface area contributed by atoms with Crippen molar-refractivity contribution in [3.63, 3.8) is 0 Å². The van der Waals surface area contributed by atoms with E-state index in [1.54, 1.807) is 0 Å². The van der Waals surface area contributed by atoms with Crippen molar-refractivity contribution >= 4 is 27.7 Å². The third kappa shape index (κ3) is 7.06. The van der Waals surface area contributed by atoms with E-state index < -0.39 is 6.04 Å². The standard InChI is InChI=1S/C23H29BrN2O4/c1-5-29-21-12-9-18(13-22(21)30-6-2)15(3)25-23(28)14-20(26-16(4)27)17-7-10-19(24)11-8-17/h7-13,15,20H,5-6,14H2,1-4H3,(H,25,28)(H,26,27). The first kappa shape index (κ1) is 23.7. The number of rotatable bonds is 10. The Morgan fingerprint density at radius 2 is 1.53 bits per heavy atom. The van der Waals surface area contributed by atoms with Gasteiger partial charge < -0.3 is 20.1 Å². The molecule has 2 aromatic rings. The Balaban J connectivity index is 2.10. The number of ether oxygens (including phenoxy) is 2. The predicted molar refractivity (Wildman–Crippen MR) is 121 cm³/mol. The summed E-state index contributed by atoms with van der Waals surface area (Å²) in [5.41, 5.74) is 1.78. The van der Waals surface area contributed by atoms with E-state index >= 15 is 0 Å². The first-order chi connectivity index (χ1) is 14.3. The Morgan fingerprint density at radius 3 is 2.13 bits per heavy atom. The van der Waals surface area contributed by atoms with Gasteiger partial charge in [-0.3, -0.25) is 9.59 Å². The molecule has 0 saturated carbocycles. The zero-order chi connectivity index (χ0) is 22.1. The molecule has 0 fully saturated rings. The average molecular weight is 477 g/mol. The Labute approximate surface area is 186 Å². The van der Waals surface area contributed by atoms with Gasteiger partial charge in [-0.1, -0.05) is 34.1 Å². The maximum atomic E-state index is 12.7. The highest BCUT2D eigenvalue weighted by atomic mass is 79.9.